The van der Waals surface area contributed by atoms with E-state index in [0.29, 0.717) is 18.2 Å². The van der Waals surface area contributed by atoms with E-state index in [1.807, 2.05) is 38.1 Å². The van der Waals surface area contributed by atoms with E-state index in [2.05, 4.69) is 20.5 Å². The zero-order chi connectivity index (χ0) is 16.2. The summed E-state index contributed by atoms with van der Waals surface area (Å²) in [7, 11) is 0. The van der Waals surface area contributed by atoms with Gasteiger partial charge in [-0.2, -0.15) is 0 Å². The van der Waals surface area contributed by atoms with Gasteiger partial charge in [-0.25, -0.2) is 4.98 Å². The van der Waals surface area contributed by atoms with E-state index >= 15 is 0 Å². The minimum absolute atomic E-state index is 0.0810. The third kappa shape index (κ3) is 3.81. The largest absolute Gasteiger partial charge is 0.418 e. The maximum atomic E-state index is 12.0. The van der Waals surface area contributed by atoms with Crippen LogP contribution in [0.2, 0.25) is 0 Å². The van der Waals surface area contributed by atoms with Gasteiger partial charge < -0.3 is 9.73 Å². The normalized spacial score (nSPS) is 10.7. The number of thiazole rings is 1. The summed E-state index contributed by atoms with van der Waals surface area (Å²) >= 11 is 1.45. The van der Waals surface area contributed by atoms with Crippen molar-refractivity contribution in [2.45, 2.75) is 26.8 Å². The summed E-state index contributed by atoms with van der Waals surface area (Å²) in [5.74, 6) is 0.736. The predicted molar refractivity (Wildman–Crippen MR) is 86.9 cm³/mol. The van der Waals surface area contributed by atoms with E-state index in [4.69, 9.17) is 4.42 Å². The molecule has 118 valence electrons. The molecule has 0 aliphatic rings. The molecule has 1 amide bonds. The van der Waals surface area contributed by atoms with Crippen molar-refractivity contribution in [3.05, 3.63) is 52.5 Å². The minimum atomic E-state index is -0.0810. The van der Waals surface area contributed by atoms with E-state index in [-0.39, 0.29) is 12.5 Å². The molecule has 0 saturated heterocycles. The highest BCUT2D eigenvalue weighted by atomic mass is 32.1. The number of amides is 1. The van der Waals surface area contributed by atoms with Gasteiger partial charge in [0, 0.05) is 0 Å². The molecule has 23 heavy (non-hydrogen) atoms. The highest BCUT2D eigenvalue weighted by Gasteiger charge is 2.13. The first-order chi connectivity index (χ1) is 11.1. The summed E-state index contributed by atoms with van der Waals surface area (Å²) in [6.07, 6.45) is 0.329. The Bertz CT molecular complexity index is 808. The Balaban J connectivity index is 1.56. The number of nitrogens with one attached hydrogen (secondary N) is 1. The number of rotatable bonds is 5. The van der Waals surface area contributed by atoms with Gasteiger partial charge in [-0.3, -0.25) is 4.79 Å². The van der Waals surface area contributed by atoms with Crippen LogP contribution >= 0.6 is 11.3 Å². The van der Waals surface area contributed by atoms with Crippen molar-refractivity contribution in [1.82, 2.24) is 20.5 Å². The van der Waals surface area contributed by atoms with Gasteiger partial charge in [0.2, 0.25) is 11.8 Å². The Hall–Kier alpha value is -2.54. The quantitative estimate of drug-likeness (QED) is 0.779. The van der Waals surface area contributed by atoms with Gasteiger partial charge >= 0.3 is 0 Å². The maximum Gasteiger partial charge on any atom is 0.259 e. The lowest BCUT2D eigenvalue weighted by molar-refractivity contribution is -0.120. The molecule has 0 saturated carbocycles. The molecule has 0 aliphatic heterocycles. The Morgan fingerprint density at radius 2 is 2.00 bits per heavy atom. The van der Waals surface area contributed by atoms with E-state index in [0.717, 1.165) is 16.1 Å². The number of hydrogen-bond donors (Lipinski definition) is 1. The van der Waals surface area contributed by atoms with Crippen LogP contribution in [0.25, 0.3) is 10.8 Å². The van der Waals surface area contributed by atoms with Crippen LogP contribution in [0, 0.1) is 13.8 Å². The van der Waals surface area contributed by atoms with Crippen LogP contribution in [0.15, 0.2) is 34.2 Å². The first kappa shape index (κ1) is 15.4. The number of carbonyl (C=O) groups is 1. The predicted octanol–water partition coefficient (Wildman–Crippen LogP) is 2.67. The summed E-state index contributed by atoms with van der Waals surface area (Å²) in [4.78, 5) is 17.0. The zero-order valence-electron chi connectivity index (χ0n) is 12.9. The molecule has 0 atom stereocenters. The summed E-state index contributed by atoms with van der Waals surface area (Å²) < 4.78 is 5.56. The van der Waals surface area contributed by atoms with E-state index in [1.165, 1.54) is 16.9 Å². The van der Waals surface area contributed by atoms with Crippen molar-refractivity contribution in [2.24, 2.45) is 0 Å². The highest BCUT2D eigenvalue weighted by molar-refractivity contribution is 7.13. The Kier molecular flexibility index (Phi) is 4.47. The van der Waals surface area contributed by atoms with Crippen LogP contribution in [0.3, 0.4) is 0 Å². The molecule has 0 unspecified atom stereocenters. The van der Waals surface area contributed by atoms with Crippen molar-refractivity contribution in [2.75, 3.05) is 0 Å². The molecule has 0 aliphatic carbocycles. The molecule has 1 N–H and O–H groups in total. The summed E-state index contributed by atoms with van der Waals surface area (Å²) in [5, 5.41) is 10.7. The van der Waals surface area contributed by atoms with Gasteiger partial charge in [-0.05, 0) is 19.4 Å². The van der Waals surface area contributed by atoms with Crippen LogP contribution in [0.1, 0.15) is 22.7 Å². The monoisotopic (exact) mass is 328 g/mol. The van der Waals surface area contributed by atoms with Gasteiger partial charge in [0.25, 0.3) is 5.89 Å². The average Bonchev–Trinajstić information content (AvgIpc) is 3.16. The second-order valence-electron chi connectivity index (χ2n) is 5.21. The molecular weight excluding hydrogens is 312 g/mol. The molecule has 0 fully saturated rings. The second kappa shape index (κ2) is 6.70. The lowest BCUT2D eigenvalue weighted by atomic mass is 10.1. The van der Waals surface area contributed by atoms with Crippen molar-refractivity contribution < 1.29 is 9.21 Å². The fourth-order valence-electron chi connectivity index (χ4n) is 2.05. The fourth-order valence-corrected chi connectivity index (χ4v) is 2.77. The molecule has 0 radical (unpaired) electrons. The van der Waals surface area contributed by atoms with Gasteiger partial charge in [0.15, 0.2) is 0 Å². The third-order valence-electron chi connectivity index (χ3n) is 3.33. The topological polar surface area (TPSA) is 80.9 Å². The van der Waals surface area contributed by atoms with Crippen LogP contribution < -0.4 is 5.32 Å². The highest BCUT2D eigenvalue weighted by Crippen LogP contribution is 2.25. The molecule has 2 heterocycles. The molecule has 2 aromatic heterocycles. The Morgan fingerprint density at radius 1 is 1.22 bits per heavy atom. The van der Waals surface area contributed by atoms with E-state index < -0.39 is 0 Å². The van der Waals surface area contributed by atoms with Crippen molar-refractivity contribution in [3.63, 3.8) is 0 Å². The smallest absolute Gasteiger partial charge is 0.259 e. The first-order valence-electron chi connectivity index (χ1n) is 7.17. The summed E-state index contributed by atoms with van der Waals surface area (Å²) in [6, 6.07) is 7.88. The molecular formula is C16H16N4O2S. The van der Waals surface area contributed by atoms with Gasteiger partial charge in [0.1, 0.15) is 4.88 Å². The number of aromatic nitrogens is 3. The number of nitrogens with zero attached hydrogens (tertiary/aromatic N) is 3. The van der Waals surface area contributed by atoms with Gasteiger partial charge in [-0.15, -0.1) is 21.5 Å². The van der Waals surface area contributed by atoms with Crippen molar-refractivity contribution in [1.29, 1.82) is 0 Å². The Labute approximate surface area is 137 Å². The minimum Gasteiger partial charge on any atom is -0.418 e. The summed E-state index contributed by atoms with van der Waals surface area (Å²) in [6.45, 7) is 4.12. The van der Waals surface area contributed by atoms with E-state index in [9.17, 15) is 4.79 Å². The maximum absolute atomic E-state index is 12.0. The second-order valence-corrected chi connectivity index (χ2v) is 6.06. The first-order valence-corrected chi connectivity index (χ1v) is 8.05. The van der Waals surface area contributed by atoms with Gasteiger partial charge in [0.05, 0.1) is 24.2 Å². The lowest BCUT2D eigenvalue weighted by Gasteiger charge is -2.03. The molecule has 3 aromatic rings. The fraction of sp³-hybridized carbons (Fsp3) is 0.250. The number of aryl methyl sites for hydroxylation is 2. The number of carbonyl (C=O) groups excluding carboxylic acids is 1. The zero-order valence-corrected chi connectivity index (χ0v) is 13.7. The van der Waals surface area contributed by atoms with Gasteiger partial charge in [-0.1, -0.05) is 29.8 Å². The number of hydrogen-bond acceptors (Lipinski definition) is 6. The van der Waals surface area contributed by atoms with E-state index in [1.54, 1.807) is 5.51 Å². The molecule has 0 bridgehead atoms. The summed E-state index contributed by atoms with van der Waals surface area (Å²) in [5.41, 5.74) is 4.73. The molecule has 7 heteroatoms. The molecule has 0 spiro atoms. The molecule has 1 aromatic carbocycles. The standard InChI is InChI=1S/C16H16N4O2S/c1-10-3-5-12(6-4-10)7-13(21)17-8-14-19-20-16(22-14)15-11(2)18-9-23-15/h3-6,9H,7-8H2,1-2H3,(H,17,21). The Morgan fingerprint density at radius 3 is 2.70 bits per heavy atom. The van der Waals surface area contributed by atoms with Crippen LogP contribution in [0.5, 0.6) is 0 Å². The van der Waals surface area contributed by atoms with Crippen LogP contribution in [0.4, 0.5) is 0 Å². The lowest BCUT2D eigenvalue weighted by Crippen LogP contribution is -2.24. The van der Waals surface area contributed by atoms with Crippen LogP contribution in [-0.4, -0.2) is 21.1 Å². The molecule has 3 rings (SSSR count). The molecule has 6 nitrogen and oxygen atoms in total. The SMILES string of the molecule is Cc1ccc(CC(=O)NCc2nnc(-c3scnc3C)o2)cc1. The average molecular weight is 328 g/mol. The van der Waals surface area contributed by atoms with Crippen molar-refractivity contribution >= 4 is 17.2 Å². The van der Waals surface area contributed by atoms with Crippen LogP contribution in [-0.2, 0) is 17.8 Å². The number of benzene rings is 1. The van der Waals surface area contributed by atoms with Crippen molar-refractivity contribution in [3.8, 4) is 10.8 Å². The third-order valence-corrected chi connectivity index (χ3v) is 4.25.